The predicted octanol–water partition coefficient (Wildman–Crippen LogP) is 2.75. The zero-order valence-electron chi connectivity index (χ0n) is 16.4. The van der Waals surface area contributed by atoms with E-state index in [1.165, 1.54) is 29.8 Å². The highest BCUT2D eigenvalue weighted by Crippen LogP contribution is 2.38. The molecule has 3 N–H and O–H groups in total. The van der Waals surface area contributed by atoms with Crippen molar-refractivity contribution in [2.45, 2.75) is 19.6 Å². The van der Waals surface area contributed by atoms with Crippen molar-refractivity contribution >= 4 is 39.8 Å². The van der Waals surface area contributed by atoms with Crippen LogP contribution in [0, 0.1) is 11.6 Å². The van der Waals surface area contributed by atoms with E-state index in [-0.39, 0.29) is 52.6 Å². The molecule has 31 heavy (non-hydrogen) atoms. The Morgan fingerprint density at radius 3 is 2.65 bits per heavy atom. The van der Waals surface area contributed by atoms with Crippen molar-refractivity contribution in [3.8, 4) is 5.69 Å². The zero-order chi connectivity index (χ0) is 22.4. The Hall–Kier alpha value is -3.17. The molecule has 1 aromatic heterocycles. The van der Waals surface area contributed by atoms with Gasteiger partial charge in [0.1, 0.15) is 18.2 Å². The van der Waals surface area contributed by atoms with E-state index in [1.807, 2.05) is 0 Å². The number of hydrogen-bond acceptors (Lipinski definition) is 6. The summed E-state index contributed by atoms with van der Waals surface area (Å²) in [5.41, 5.74) is 5.95. The molecule has 0 atom stereocenters. The maximum Gasteiger partial charge on any atom is 0.302 e. The zero-order valence-corrected chi connectivity index (χ0v) is 17.1. The van der Waals surface area contributed by atoms with Gasteiger partial charge < -0.3 is 25.0 Å². The number of aromatic nitrogens is 1. The van der Waals surface area contributed by atoms with Crippen LogP contribution in [0.15, 0.2) is 35.3 Å². The molecule has 10 heteroatoms. The lowest BCUT2D eigenvalue weighted by molar-refractivity contribution is -0.142. The Bertz CT molecular complexity index is 1270. The summed E-state index contributed by atoms with van der Waals surface area (Å²) in [4.78, 5) is 25.3. The number of nitrogens with two attached hydrogens (primary N) is 1. The molecule has 1 saturated heterocycles. The summed E-state index contributed by atoms with van der Waals surface area (Å²) in [6.45, 7) is 1.36. The molecule has 0 unspecified atom stereocenters. The molecular formula is C21H18ClF2N3O4. The summed E-state index contributed by atoms with van der Waals surface area (Å²) in [6.07, 6.45) is 0.809. The molecule has 0 saturated carbocycles. The average Bonchev–Trinajstić information content (AvgIpc) is 2.68. The third kappa shape index (κ3) is 3.70. The lowest BCUT2D eigenvalue weighted by Gasteiger charge is -2.38. The van der Waals surface area contributed by atoms with Crippen LogP contribution >= 0.6 is 11.6 Å². The first-order valence-electron chi connectivity index (χ1n) is 9.35. The molecule has 1 fully saturated rings. The van der Waals surface area contributed by atoms with Crippen LogP contribution < -0.4 is 16.1 Å². The third-order valence-electron chi connectivity index (χ3n) is 5.12. The maximum atomic E-state index is 14.8. The number of carbonyl (C=O) groups is 1. The van der Waals surface area contributed by atoms with Gasteiger partial charge in [-0.1, -0.05) is 11.6 Å². The highest BCUT2D eigenvalue weighted by atomic mass is 35.5. The number of halogens is 3. The number of hydrogen-bond donors (Lipinski definition) is 2. The molecular weight excluding hydrogens is 432 g/mol. The van der Waals surface area contributed by atoms with Crippen molar-refractivity contribution in [2.24, 2.45) is 0 Å². The lowest BCUT2D eigenvalue weighted by atomic mass is 10.1. The number of fused-ring (bicyclic) bond motifs is 1. The number of ether oxygens (including phenoxy) is 1. The topological polar surface area (TPSA) is 97.8 Å². The van der Waals surface area contributed by atoms with Crippen molar-refractivity contribution in [1.82, 2.24) is 4.57 Å². The van der Waals surface area contributed by atoms with Crippen LogP contribution in [0.4, 0.5) is 20.2 Å². The molecule has 2 aromatic carbocycles. The first kappa shape index (κ1) is 21.1. The Balaban J connectivity index is 2.00. The van der Waals surface area contributed by atoms with Gasteiger partial charge in [-0.3, -0.25) is 9.59 Å². The number of aliphatic hydroxyl groups is 1. The van der Waals surface area contributed by atoms with Gasteiger partial charge in [0.2, 0.25) is 0 Å². The van der Waals surface area contributed by atoms with Gasteiger partial charge in [0, 0.05) is 37.8 Å². The largest absolute Gasteiger partial charge is 0.461 e. The molecule has 3 aromatic rings. The summed E-state index contributed by atoms with van der Waals surface area (Å²) < 4.78 is 35.5. The number of aliphatic hydroxyl groups excluding tert-OH is 1. The number of nitrogen functional groups attached to an aromatic ring is 1. The highest BCUT2D eigenvalue weighted by molar-refractivity contribution is 6.38. The van der Waals surface area contributed by atoms with Crippen molar-refractivity contribution in [3.05, 3.63) is 62.9 Å². The van der Waals surface area contributed by atoms with Crippen molar-refractivity contribution < 1.29 is 23.4 Å². The molecule has 4 rings (SSSR count). The highest BCUT2D eigenvalue weighted by Gasteiger charge is 2.30. The number of rotatable bonds is 4. The number of carbonyl (C=O) groups excluding carboxylic acids is 1. The van der Waals surface area contributed by atoms with Crippen molar-refractivity contribution in [1.29, 1.82) is 0 Å². The Morgan fingerprint density at radius 1 is 1.29 bits per heavy atom. The van der Waals surface area contributed by atoms with E-state index >= 15 is 0 Å². The summed E-state index contributed by atoms with van der Waals surface area (Å²) in [6, 6.07) is 4.76. The van der Waals surface area contributed by atoms with Gasteiger partial charge in [-0.2, -0.15) is 0 Å². The minimum absolute atomic E-state index is 0.0103. The van der Waals surface area contributed by atoms with Gasteiger partial charge in [0.25, 0.3) is 0 Å². The van der Waals surface area contributed by atoms with E-state index in [0.29, 0.717) is 5.69 Å². The van der Waals surface area contributed by atoms with Crippen molar-refractivity contribution in [2.75, 3.05) is 23.7 Å². The fourth-order valence-corrected chi connectivity index (χ4v) is 4.00. The smallest absolute Gasteiger partial charge is 0.302 e. The number of nitrogens with zero attached hydrogens (tertiary/aromatic N) is 2. The molecule has 1 aliphatic rings. The molecule has 7 nitrogen and oxygen atoms in total. The van der Waals surface area contributed by atoms with E-state index in [4.69, 9.17) is 22.1 Å². The lowest BCUT2D eigenvalue weighted by Crippen LogP contribution is -2.51. The second-order valence-electron chi connectivity index (χ2n) is 7.31. The molecule has 0 bridgehead atoms. The molecule has 0 spiro atoms. The van der Waals surface area contributed by atoms with Crippen LogP contribution in [0.3, 0.4) is 0 Å². The van der Waals surface area contributed by atoms with Crippen LogP contribution in [0.1, 0.15) is 12.5 Å². The number of esters is 1. The van der Waals surface area contributed by atoms with Crippen LogP contribution in [0.5, 0.6) is 0 Å². The van der Waals surface area contributed by atoms with Gasteiger partial charge in [0.05, 0.1) is 39.1 Å². The maximum absolute atomic E-state index is 14.8. The normalized spacial score (nSPS) is 14.0. The Labute approximate surface area is 180 Å². The summed E-state index contributed by atoms with van der Waals surface area (Å²) in [7, 11) is 0. The fraction of sp³-hybridized carbons (Fsp3) is 0.238. The second-order valence-corrected chi connectivity index (χ2v) is 7.69. The van der Waals surface area contributed by atoms with Gasteiger partial charge in [-0.05, 0) is 18.2 Å². The van der Waals surface area contributed by atoms with Crippen molar-refractivity contribution in [3.63, 3.8) is 0 Å². The third-order valence-corrected chi connectivity index (χ3v) is 5.47. The molecule has 0 amide bonds. The Morgan fingerprint density at radius 2 is 2.00 bits per heavy atom. The van der Waals surface area contributed by atoms with Crippen LogP contribution in [-0.2, 0) is 16.1 Å². The second kappa shape index (κ2) is 7.82. The van der Waals surface area contributed by atoms with E-state index < -0.39 is 29.1 Å². The average molecular weight is 450 g/mol. The van der Waals surface area contributed by atoms with E-state index in [2.05, 4.69) is 0 Å². The number of pyridine rings is 1. The van der Waals surface area contributed by atoms with E-state index in [9.17, 15) is 23.5 Å². The Kier molecular flexibility index (Phi) is 5.32. The van der Waals surface area contributed by atoms with E-state index in [0.717, 1.165) is 12.1 Å². The predicted molar refractivity (Wildman–Crippen MR) is 113 cm³/mol. The first-order valence-corrected chi connectivity index (χ1v) is 9.73. The number of benzene rings is 2. The van der Waals surface area contributed by atoms with Crippen LogP contribution in [0.2, 0.25) is 5.02 Å². The quantitative estimate of drug-likeness (QED) is 0.469. The SMILES string of the molecule is CC(=O)OCc1cc(F)c(N)cc1-n1ccc(=O)c2cc(F)c(N3CC(O)C3)c(Cl)c21. The van der Waals surface area contributed by atoms with Gasteiger partial charge >= 0.3 is 5.97 Å². The summed E-state index contributed by atoms with van der Waals surface area (Å²) in [5.74, 6) is -1.96. The molecule has 1 aliphatic heterocycles. The number of anilines is 2. The fourth-order valence-electron chi connectivity index (χ4n) is 3.60. The van der Waals surface area contributed by atoms with Crippen LogP contribution in [-0.4, -0.2) is 34.8 Å². The summed E-state index contributed by atoms with van der Waals surface area (Å²) in [5, 5.41) is 9.56. The van der Waals surface area contributed by atoms with Gasteiger partial charge in [0.15, 0.2) is 5.43 Å². The molecule has 2 heterocycles. The monoisotopic (exact) mass is 449 g/mol. The van der Waals surface area contributed by atoms with E-state index in [1.54, 1.807) is 4.90 Å². The minimum atomic E-state index is -0.705. The van der Waals surface area contributed by atoms with Crippen LogP contribution in [0.25, 0.3) is 16.6 Å². The van der Waals surface area contributed by atoms with Gasteiger partial charge in [-0.15, -0.1) is 0 Å². The standard InChI is InChI=1S/C21H18ClF2N3O4/c1-10(28)31-9-11-4-14(23)16(25)6-17(11)27-3-2-18(30)13-5-15(24)21(19(22)20(13)27)26-7-12(29)8-26/h2-6,12,29H,7-9,25H2,1H3. The summed E-state index contributed by atoms with van der Waals surface area (Å²) >= 11 is 6.57. The molecule has 0 radical (unpaired) electrons. The minimum Gasteiger partial charge on any atom is -0.461 e. The molecule has 162 valence electrons. The number of β-amino-alcohol motifs (C(OH)–C–C–N with tert-alkyl or cyclic N) is 1. The molecule has 0 aliphatic carbocycles. The van der Waals surface area contributed by atoms with Gasteiger partial charge in [-0.25, -0.2) is 8.78 Å². The first-order chi connectivity index (χ1) is 14.7.